The maximum absolute atomic E-state index is 13.5. The maximum Gasteiger partial charge on any atom is 0.264 e. The minimum atomic E-state index is -0.491. The lowest BCUT2D eigenvalue weighted by atomic mass is 10.0. The lowest BCUT2D eigenvalue weighted by Gasteiger charge is -2.18. The largest absolute Gasteiger partial charge is 0.347 e. The van der Waals surface area contributed by atoms with Crippen LogP contribution in [0.2, 0.25) is 0 Å². The summed E-state index contributed by atoms with van der Waals surface area (Å²) in [6, 6.07) is 26.9. The fraction of sp³-hybridized carbons (Fsp3) is 0.179. The second-order valence-electron chi connectivity index (χ2n) is 8.20. The van der Waals surface area contributed by atoms with Gasteiger partial charge in [0.1, 0.15) is 16.7 Å². The van der Waals surface area contributed by atoms with Crippen LogP contribution in [0.3, 0.4) is 0 Å². The first-order valence-corrected chi connectivity index (χ1v) is 11.9. The van der Waals surface area contributed by atoms with Gasteiger partial charge < -0.3 is 5.32 Å². The number of nitrogens with one attached hydrogen (secondary N) is 1. The predicted octanol–water partition coefficient (Wildman–Crippen LogP) is 5.05. The van der Waals surface area contributed by atoms with Crippen LogP contribution in [0, 0.1) is 25.2 Å². The second kappa shape index (κ2) is 10.4. The molecule has 0 bridgehead atoms. The topological polar surface area (TPSA) is 73.2 Å². The molecule has 1 heterocycles. The predicted molar refractivity (Wildman–Crippen MR) is 136 cm³/mol. The number of carbonyl (C=O) groups is 2. The molecule has 3 aromatic carbocycles. The van der Waals surface area contributed by atoms with Crippen LogP contribution in [0.5, 0.6) is 0 Å². The normalized spacial score (nSPS) is 16.8. The number of aryl methyl sites for hydroxylation is 2. The SMILES string of the molecule is Cc1ccc(CC2SC(=C(C#N)C(=O)NCc3ccccc3)N(c3ccccc3)C2=O)cc1C. The van der Waals surface area contributed by atoms with Crippen molar-refractivity contribution < 1.29 is 9.59 Å². The molecule has 1 aliphatic rings. The number of thioether (sulfide) groups is 1. The molecule has 0 spiro atoms. The summed E-state index contributed by atoms with van der Waals surface area (Å²) in [7, 11) is 0. The van der Waals surface area contributed by atoms with Crippen molar-refractivity contribution in [2.45, 2.75) is 32.1 Å². The summed E-state index contributed by atoms with van der Waals surface area (Å²) in [6.07, 6.45) is 0.516. The third-order valence-corrected chi connectivity index (χ3v) is 7.07. The van der Waals surface area contributed by atoms with Gasteiger partial charge in [0.05, 0.1) is 5.25 Å². The maximum atomic E-state index is 13.5. The number of amides is 2. The Morgan fingerprint density at radius 1 is 0.971 bits per heavy atom. The van der Waals surface area contributed by atoms with E-state index in [0.29, 0.717) is 23.7 Å². The van der Waals surface area contributed by atoms with Gasteiger partial charge in [-0.1, -0.05) is 78.5 Å². The molecule has 34 heavy (non-hydrogen) atoms. The van der Waals surface area contributed by atoms with E-state index in [1.54, 1.807) is 0 Å². The summed E-state index contributed by atoms with van der Waals surface area (Å²) in [4.78, 5) is 28.1. The molecule has 0 aliphatic carbocycles. The molecule has 5 nitrogen and oxygen atoms in total. The Labute approximate surface area is 204 Å². The molecule has 170 valence electrons. The molecule has 1 unspecified atom stereocenters. The highest BCUT2D eigenvalue weighted by Crippen LogP contribution is 2.41. The highest BCUT2D eigenvalue weighted by atomic mass is 32.2. The minimum absolute atomic E-state index is 0.0549. The van der Waals surface area contributed by atoms with Gasteiger partial charge in [0, 0.05) is 12.2 Å². The Morgan fingerprint density at radius 2 is 1.65 bits per heavy atom. The molecule has 1 aliphatic heterocycles. The summed E-state index contributed by atoms with van der Waals surface area (Å²) in [5, 5.41) is 12.7. The van der Waals surface area contributed by atoms with Crippen molar-refractivity contribution >= 4 is 29.3 Å². The average Bonchev–Trinajstić information content (AvgIpc) is 3.17. The van der Waals surface area contributed by atoms with Crippen LogP contribution in [0.1, 0.15) is 22.3 Å². The Bertz CT molecular complexity index is 1280. The minimum Gasteiger partial charge on any atom is -0.347 e. The molecule has 3 aromatic rings. The summed E-state index contributed by atoms with van der Waals surface area (Å²) in [5.41, 5.74) is 4.93. The van der Waals surface area contributed by atoms with E-state index >= 15 is 0 Å². The number of hydrogen-bond donors (Lipinski definition) is 1. The summed E-state index contributed by atoms with van der Waals surface area (Å²) in [6.45, 7) is 4.41. The lowest BCUT2D eigenvalue weighted by Crippen LogP contribution is -2.32. The van der Waals surface area contributed by atoms with Crippen molar-refractivity contribution in [1.29, 1.82) is 5.26 Å². The summed E-state index contributed by atoms with van der Waals surface area (Å²) in [5.74, 6) is -0.623. The lowest BCUT2D eigenvalue weighted by molar-refractivity contribution is -0.117. The first kappa shape index (κ1) is 23.3. The van der Waals surface area contributed by atoms with Gasteiger partial charge in [-0.2, -0.15) is 5.26 Å². The molecular weight excluding hydrogens is 442 g/mol. The van der Waals surface area contributed by atoms with Gasteiger partial charge in [0.25, 0.3) is 5.91 Å². The van der Waals surface area contributed by atoms with Gasteiger partial charge in [0.2, 0.25) is 5.91 Å². The summed E-state index contributed by atoms with van der Waals surface area (Å²) < 4.78 is 0. The molecule has 6 heteroatoms. The molecule has 0 radical (unpaired) electrons. The van der Waals surface area contributed by atoms with E-state index in [2.05, 4.69) is 37.4 Å². The van der Waals surface area contributed by atoms with E-state index in [9.17, 15) is 14.9 Å². The molecule has 0 saturated carbocycles. The molecular formula is C28H25N3O2S. The first-order chi connectivity index (χ1) is 16.5. The number of rotatable bonds is 6. The van der Waals surface area contributed by atoms with Crippen LogP contribution in [0.15, 0.2) is 89.5 Å². The van der Waals surface area contributed by atoms with Gasteiger partial charge >= 0.3 is 0 Å². The van der Waals surface area contributed by atoms with Crippen molar-refractivity contribution in [3.8, 4) is 6.07 Å². The fourth-order valence-corrected chi connectivity index (χ4v) is 5.12. The van der Waals surface area contributed by atoms with Crippen molar-refractivity contribution in [2.75, 3.05) is 4.90 Å². The first-order valence-electron chi connectivity index (χ1n) is 11.1. The van der Waals surface area contributed by atoms with Gasteiger partial charge in [0.15, 0.2) is 0 Å². The van der Waals surface area contributed by atoms with Gasteiger partial charge in [-0.25, -0.2) is 0 Å². The van der Waals surface area contributed by atoms with E-state index < -0.39 is 11.2 Å². The summed E-state index contributed by atoms with van der Waals surface area (Å²) >= 11 is 1.28. The number of benzene rings is 3. The number of para-hydroxylation sites is 1. The van der Waals surface area contributed by atoms with Crippen LogP contribution in [0.4, 0.5) is 5.69 Å². The Kier molecular flexibility index (Phi) is 7.15. The third-order valence-electron chi connectivity index (χ3n) is 5.81. The highest BCUT2D eigenvalue weighted by Gasteiger charge is 2.40. The Morgan fingerprint density at radius 3 is 2.29 bits per heavy atom. The fourth-order valence-electron chi connectivity index (χ4n) is 3.81. The van der Waals surface area contributed by atoms with Crippen molar-refractivity contribution in [3.63, 3.8) is 0 Å². The smallest absolute Gasteiger partial charge is 0.264 e. The zero-order valence-electron chi connectivity index (χ0n) is 19.1. The van der Waals surface area contributed by atoms with E-state index in [1.807, 2.05) is 66.7 Å². The standard InChI is InChI=1S/C28H25N3O2S/c1-19-13-14-22(15-20(19)2)16-25-27(33)31(23-11-7-4-8-12-23)28(34-25)24(17-29)26(32)30-18-21-9-5-3-6-10-21/h3-15,25H,16,18H2,1-2H3,(H,30,32). The molecule has 1 N–H and O–H groups in total. The molecule has 1 saturated heterocycles. The van der Waals surface area contributed by atoms with Crippen LogP contribution < -0.4 is 10.2 Å². The van der Waals surface area contributed by atoms with Gasteiger partial charge in [-0.15, -0.1) is 0 Å². The van der Waals surface area contributed by atoms with Gasteiger partial charge in [-0.3, -0.25) is 14.5 Å². The van der Waals surface area contributed by atoms with E-state index in [0.717, 1.165) is 11.1 Å². The van der Waals surface area contributed by atoms with Crippen molar-refractivity contribution in [1.82, 2.24) is 5.32 Å². The molecule has 1 atom stereocenters. The monoisotopic (exact) mass is 467 g/mol. The van der Waals surface area contributed by atoms with Crippen LogP contribution in [0.25, 0.3) is 0 Å². The number of hydrogen-bond acceptors (Lipinski definition) is 4. The molecule has 0 aromatic heterocycles. The van der Waals surface area contributed by atoms with Gasteiger partial charge in [-0.05, 0) is 54.7 Å². The van der Waals surface area contributed by atoms with E-state index in [4.69, 9.17) is 0 Å². The number of nitrogens with zero attached hydrogens (tertiary/aromatic N) is 2. The number of anilines is 1. The average molecular weight is 468 g/mol. The Hall–Kier alpha value is -3.82. The highest BCUT2D eigenvalue weighted by molar-refractivity contribution is 8.05. The zero-order chi connectivity index (χ0) is 24.1. The van der Waals surface area contributed by atoms with Crippen molar-refractivity contribution in [3.05, 3.63) is 112 Å². The zero-order valence-corrected chi connectivity index (χ0v) is 19.9. The Balaban J connectivity index is 1.66. The van der Waals surface area contributed by atoms with Crippen LogP contribution in [-0.2, 0) is 22.6 Å². The third kappa shape index (κ3) is 5.05. The quantitative estimate of drug-likeness (QED) is 0.407. The molecule has 1 fully saturated rings. The number of carbonyl (C=O) groups excluding carboxylic acids is 2. The van der Waals surface area contributed by atoms with E-state index in [1.165, 1.54) is 27.8 Å². The van der Waals surface area contributed by atoms with Crippen molar-refractivity contribution in [2.24, 2.45) is 0 Å². The number of nitriles is 1. The molecule has 2 amide bonds. The van der Waals surface area contributed by atoms with E-state index in [-0.39, 0.29) is 11.5 Å². The molecule has 4 rings (SSSR count). The van der Waals surface area contributed by atoms with Crippen LogP contribution in [-0.4, -0.2) is 17.1 Å². The second-order valence-corrected chi connectivity index (χ2v) is 9.39. The van der Waals surface area contributed by atoms with Crippen LogP contribution >= 0.6 is 11.8 Å².